The van der Waals surface area contributed by atoms with Gasteiger partial charge in [-0.1, -0.05) is 0 Å². The molecule has 1 aliphatic rings. The molecule has 0 radical (unpaired) electrons. The van der Waals surface area contributed by atoms with Crippen molar-refractivity contribution in [3.63, 3.8) is 0 Å². The second kappa shape index (κ2) is 2.67. The van der Waals surface area contributed by atoms with Gasteiger partial charge in [-0.05, 0) is 27.4 Å². The molecule has 1 N–H and O–H groups in total. The second-order valence-corrected chi connectivity index (χ2v) is 3.16. The van der Waals surface area contributed by atoms with Crippen molar-refractivity contribution < 1.29 is 0 Å². The maximum Gasteiger partial charge on any atom is 0.0229 e. The molecular weight excluding hydrogens is 112 g/mol. The zero-order chi connectivity index (χ0) is 6.85. The van der Waals surface area contributed by atoms with Crippen LogP contribution < -0.4 is 5.32 Å². The summed E-state index contributed by atoms with van der Waals surface area (Å²) in [5.74, 6) is 0. The van der Waals surface area contributed by atoms with Gasteiger partial charge in [0.25, 0.3) is 0 Å². The van der Waals surface area contributed by atoms with Crippen molar-refractivity contribution in [1.82, 2.24) is 10.2 Å². The van der Waals surface area contributed by atoms with E-state index >= 15 is 0 Å². The van der Waals surface area contributed by atoms with Gasteiger partial charge in [-0.25, -0.2) is 0 Å². The monoisotopic (exact) mass is 128 g/mol. The lowest BCUT2D eigenvalue weighted by molar-refractivity contribution is 0.310. The van der Waals surface area contributed by atoms with E-state index in [4.69, 9.17) is 0 Å². The molecule has 0 aromatic rings. The molecule has 9 heavy (non-hydrogen) atoms. The highest BCUT2D eigenvalue weighted by Gasteiger charge is 2.21. The Kier molecular flexibility index (Phi) is 2.09. The SMILES string of the molecule is C[C@@H]1C[C@H](N(C)C)CN1. The first-order valence-corrected chi connectivity index (χ1v) is 3.60. The second-order valence-electron chi connectivity index (χ2n) is 3.16. The third kappa shape index (κ3) is 1.66. The molecule has 0 aromatic carbocycles. The highest BCUT2D eigenvalue weighted by molar-refractivity contribution is 4.82. The van der Waals surface area contributed by atoms with Crippen molar-refractivity contribution in [2.24, 2.45) is 0 Å². The van der Waals surface area contributed by atoms with Crippen molar-refractivity contribution in [1.29, 1.82) is 0 Å². The average Bonchev–Trinajstić information content (AvgIpc) is 2.14. The molecule has 0 unspecified atom stereocenters. The van der Waals surface area contributed by atoms with Crippen molar-refractivity contribution in [3.8, 4) is 0 Å². The maximum atomic E-state index is 3.41. The Morgan fingerprint density at radius 3 is 2.33 bits per heavy atom. The van der Waals surface area contributed by atoms with Crippen LogP contribution in [-0.2, 0) is 0 Å². The lowest BCUT2D eigenvalue weighted by atomic mass is 10.2. The summed E-state index contributed by atoms with van der Waals surface area (Å²) in [4.78, 5) is 2.29. The normalized spacial score (nSPS) is 36.0. The van der Waals surface area contributed by atoms with Crippen LogP contribution in [0, 0.1) is 0 Å². The third-order valence-electron chi connectivity index (χ3n) is 2.06. The first-order valence-electron chi connectivity index (χ1n) is 3.60. The van der Waals surface area contributed by atoms with Gasteiger partial charge in [0.1, 0.15) is 0 Å². The molecule has 1 fully saturated rings. The van der Waals surface area contributed by atoms with Crippen LogP contribution in [-0.4, -0.2) is 37.6 Å². The van der Waals surface area contributed by atoms with E-state index in [9.17, 15) is 0 Å². The summed E-state index contributed by atoms with van der Waals surface area (Å²) in [6, 6.07) is 1.48. The predicted molar refractivity (Wildman–Crippen MR) is 39.6 cm³/mol. The molecule has 2 heteroatoms. The van der Waals surface area contributed by atoms with E-state index in [0.29, 0.717) is 0 Å². The molecule has 1 saturated heterocycles. The molecule has 0 bridgehead atoms. The molecule has 54 valence electrons. The Bertz CT molecular complexity index is 90.9. The minimum absolute atomic E-state index is 0.720. The fourth-order valence-corrected chi connectivity index (χ4v) is 1.31. The zero-order valence-electron chi connectivity index (χ0n) is 6.52. The largest absolute Gasteiger partial charge is 0.313 e. The smallest absolute Gasteiger partial charge is 0.0229 e. The third-order valence-corrected chi connectivity index (χ3v) is 2.06. The van der Waals surface area contributed by atoms with Gasteiger partial charge in [-0.3, -0.25) is 0 Å². The number of hydrogen-bond donors (Lipinski definition) is 1. The fraction of sp³-hybridized carbons (Fsp3) is 1.00. The van der Waals surface area contributed by atoms with Crippen molar-refractivity contribution >= 4 is 0 Å². The lowest BCUT2D eigenvalue weighted by Gasteiger charge is -2.16. The van der Waals surface area contributed by atoms with E-state index in [2.05, 4.69) is 31.2 Å². The standard InChI is InChI=1S/C7H16N2/c1-6-4-7(5-8-6)9(2)3/h6-8H,4-5H2,1-3H3/t6-,7+/m1/s1. The number of rotatable bonds is 1. The summed E-state index contributed by atoms with van der Waals surface area (Å²) < 4.78 is 0. The number of hydrogen-bond acceptors (Lipinski definition) is 2. The fourth-order valence-electron chi connectivity index (χ4n) is 1.31. The molecule has 0 aliphatic carbocycles. The molecule has 0 amide bonds. The van der Waals surface area contributed by atoms with Gasteiger partial charge in [-0.15, -0.1) is 0 Å². The summed E-state index contributed by atoms with van der Waals surface area (Å²) in [6.45, 7) is 3.40. The Hall–Kier alpha value is -0.0800. The van der Waals surface area contributed by atoms with Crippen molar-refractivity contribution in [2.75, 3.05) is 20.6 Å². The van der Waals surface area contributed by atoms with E-state index in [1.165, 1.54) is 6.42 Å². The van der Waals surface area contributed by atoms with Crippen LogP contribution >= 0.6 is 0 Å². The summed E-state index contributed by atoms with van der Waals surface area (Å²) in [5.41, 5.74) is 0. The van der Waals surface area contributed by atoms with Crippen LogP contribution in [0.15, 0.2) is 0 Å². The van der Waals surface area contributed by atoms with Gasteiger partial charge in [-0.2, -0.15) is 0 Å². The van der Waals surface area contributed by atoms with Gasteiger partial charge in [0.15, 0.2) is 0 Å². The zero-order valence-corrected chi connectivity index (χ0v) is 6.52. The minimum Gasteiger partial charge on any atom is -0.313 e. The minimum atomic E-state index is 0.720. The summed E-state index contributed by atoms with van der Waals surface area (Å²) in [5, 5.41) is 3.41. The van der Waals surface area contributed by atoms with Crippen LogP contribution in [0.1, 0.15) is 13.3 Å². The van der Waals surface area contributed by atoms with Gasteiger partial charge in [0, 0.05) is 18.6 Å². The van der Waals surface area contributed by atoms with Crippen molar-refractivity contribution in [2.45, 2.75) is 25.4 Å². The van der Waals surface area contributed by atoms with Gasteiger partial charge in [0.05, 0.1) is 0 Å². The van der Waals surface area contributed by atoms with E-state index in [-0.39, 0.29) is 0 Å². The predicted octanol–water partition coefficient (Wildman–Crippen LogP) is 0.298. The Morgan fingerprint density at radius 2 is 2.11 bits per heavy atom. The average molecular weight is 128 g/mol. The number of nitrogens with zero attached hydrogens (tertiary/aromatic N) is 1. The van der Waals surface area contributed by atoms with Crippen molar-refractivity contribution in [3.05, 3.63) is 0 Å². The molecule has 2 atom stereocenters. The van der Waals surface area contributed by atoms with Crippen LogP contribution in [0.25, 0.3) is 0 Å². The Balaban J connectivity index is 2.30. The number of nitrogens with one attached hydrogen (secondary N) is 1. The lowest BCUT2D eigenvalue weighted by Crippen LogP contribution is -2.29. The van der Waals surface area contributed by atoms with Gasteiger partial charge < -0.3 is 10.2 Å². The summed E-state index contributed by atoms with van der Waals surface area (Å²) >= 11 is 0. The summed E-state index contributed by atoms with van der Waals surface area (Å²) in [7, 11) is 4.29. The molecule has 1 aliphatic heterocycles. The topological polar surface area (TPSA) is 15.3 Å². The molecule has 0 saturated carbocycles. The van der Waals surface area contributed by atoms with Gasteiger partial charge >= 0.3 is 0 Å². The number of likely N-dealkylation sites (N-methyl/N-ethyl adjacent to an activating group) is 1. The van der Waals surface area contributed by atoms with Crippen LogP contribution in [0.3, 0.4) is 0 Å². The molecule has 2 nitrogen and oxygen atoms in total. The van der Waals surface area contributed by atoms with Crippen LogP contribution in [0.4, 0.5) is 0 Å². The molecule has 1 rings (SSSR count). The maximum absolute atomic E-state index is 3.41. The van der Waals surface area contributed by atoms with E-state index in [0.717, 1.165) is 18.6 Å². The Morgan fingerprint density at radius 1 is 1.44 bits per heavy atom. The highest BCUT2D eigenvalue weighted by Crippen LogP contribution is 2.09. The quantitative estimate of drug-likeness (QED) is 0.546. The van der Waals surface area contributed by atoms with E-state index < -0.39 is 0 Å². The molecule has 0 spiro atoms. The van der Waals surface area contributed by atoms with Gasteiger partial charge in [0.2, 0.25) is 0 Å². The van der Waals surface area contributed by atoms with E-state index in [1.807, 2.05) is 0 Å². The first-order chi connectivity index (χ1) is 4.20. The van der Waals surface area contributed by atoms with E-state index in [1.54, 1.807) is 0 Å². The Labute approximate surface area is 57.2 Å². The molecular formula is C7H16N2. The van der Waals surface area contributed by atoms with Crippen LogP contribution in [0.2, 0.25) is 0 Å². The van der Waals surface area contributed by atoms with Crippen LogP contribution in [0.5, 0.6) is 0 Å². The summed E-state index contributed by atoms with van der Waals surface area (Å²) in [6.07, 6.45) is 1.30. The highest BCUT2D eigenvalue weighted by atomic mass is 15.2. The molecule has 1 heterocycles. The molecule has 0 aromatic heterocycles. The first kappa shape index (κ1) is 7.03.